The van der Waals surface area contributed by atoms with Gasteiger partial charge in [-0.2, -0.15) is 0 Å². The molecule has 1 saturated carbocycles. The van der Waals surface area contributed by atoms with Gasteiger partial charge in [-0.1, -0.05) is 32.4 Å². The molecule has 3 unspecified atom stereocenters. The van der Waals surface area contributed by atoms with Crippen LogP contribution >= 0.6 is 11.8 Å². The van der Waals surface area contributed by atoms with E-state index in [2.05, 4.69) is 37.4 Å². The maximum atomic E-state index is 5.49. The Morgan fingerprint density at radius 3 is 2.75 bits per heavy atom. The summed E-state index contributed by atoms with van der Waals surface area (Å²) in [6.07, 6.45) is 5.30. The number of nitrogens with one attached hydrogen (secondary N) is 1. The highest BCUT2D eigenvalue weighted by Gasteiger charge is 2.30. The minimum absolute atomic E-state index is 0.637. The standard InChI is InChI=1S/C17H27NOS/c1-4-13-10-11-14(18-5-2)17(12-13)20-16-9-7-6-8-15(16)19-3/h6-9,13-14,17-18H,4-5,10-12H2,1-3H3. The van der Waals surface area contributed by atoms with E-state index in [1.165, 1.54) is 30.6 Å². The van der Waals surface area contributed by atoms with Crippen molar-refractivity contribution in [3.05, 3.63) is 24.3 Å². The summed E-state index contributed by atoms with van der Waals surface area (Å²) in [5.41, 5.74) is 0. The van der Waals surface area contributed by atoms with Crippen LogP contribution in [0.15, 0.2) is 29.2 Å². The molecule has 3 heteroatoms. The van der Waals surface area contributed by atoms with Crippen LogP contribution in [-0.2, 0) is 0 Å². The molecule has 1 aromatic rings. The first-order valence-electron chi connectivity index (χ1n) is 7.81. The molecule has 20 heavy (non-hydrogen) atoms. The molecule has 112 valence electrons. The normalized spacial score (nSPS) is 26.4. The molecule has 0 aliphatic heterocycles. The molecule has 1 aliphatic rings. The molecule has 0 bridgehead atoms. The number of para-hydroxylation sites is 1. The van der Waals surface area contributed by atoms with Crippen LogP contribution in [0, 0.1) is 5.92 Å². The fourth-order valence-electron chi connectivity index (χ4n) is 3.09. The number of ether oxygens (including phenoxy) is 1. The van der Waals surface area contributed by atoms with Gasteiger partial charge >= 0.3 is 0 Å². The van der Waals surface area contributed by atoms with E-state index in [4.69, 9.17) is 4.74 Å². The SMILES string of the molecule is CCNC1CCC(CC)CC1Sc1ccccc1OC. The summed E-state index contributed by atoms with van der Waals surface area (Å²) in [6, 6.07) is 9.03. The van der Waals surface area contributed by atoms with Crippen molar-refractivity contribution < 1.29 is 4.74 Å². The van der Waals surface area contributed by atoms with E-state index in [1.807, 2.05) is 17.8 Å². The van der Waals surface area contributed by atoms with E-state index in [1.54, 1.807) is 7.11 Å². The van der Waals surface area contributed by atoms with Gasteiger partial charge in [0.05, 0.1) is 7.11 Å². The lowest BCUT2D eigenvalue weighted by Gasteiger charge is -2.36. The predicted octanol–water partition coefficient (Wildman–Crippen LogP) is 4.34. The molecule has 0 aromatic heterocycles. The average Bonchev–Trinajstić information content (AvgIpc) is 2.49. The molecule has 2 rings (SSSR count). The fourth-order valence-corrected chi connectivity index (χ4v) is 4.60. The van der Waals surface area contributed by atoms with Crippen molar-refractivity contribution in [1.82, 2.24) is 5.32 Å². The van der Waals surface area contributed by atoms with Crippen molar-refractivity contribution in [3.8, 4) is 5.75 Å². The van der Waals surface area contributed by atoms with Crippen molar-refractivity contribution in [2.24, 2.45) is 5.92 Å². The van der Waals surface area contributed by atoms with Gasteiger partial charge in [0.25, 0.3) is 0 Å². The zero-order valence-electron chi connectivity index (χ0n) is 12.9. The molecule has 1 N–H and O–H groups in total. The minimum atomic E-state index is 0.637. The molecule has 1 aliphatic carbocycles. The minimum Gasteiger partial charge on any atom is -0.496 e. The van der Waals surface area contributed by atoms with Gasteiger partial charge in [-0.25, -0.2) is 0 Å². The number of hydrogen-bond acceptors (Lipinski definition) is 3. The number of methoxy groups -OCH3 is 1. The summed E-state index contributed by atoms with van der Waals surface area (Å²) in [7, 11) is 1.76. The van der Waals surface area contributed by atoms with Crippen LogP contribution < -0.4 is 10.1 Å². The van der Waals surface area contributed by atoms with Gasteiger partial charge in [0, 0.05) is 16.2 Å². The summed E-state index contributed by atoms with van der Waals surface area (Å²) in [5, 5.41) is 4.33. The lowest BCUT2D eigenvalue weighted by molar-refractivity contribution is 0.297. The zero-order valence-corrected chi connectivity index (χ0v) is 13.7. The van der Waals surface area contributed by atoms with Gasteiger partial charge in [0.15, 0.2) is 0 Å². The van der Waals surface area contributed by atoms with E-state index in [0.717, 1.165) is 18.2 Å². The van der Waals surface area contributed by atoms with Crippen LogP contribution in [0.3, 0.4) is 0 Å². The molecule has 0 amide bonds. The Labute approximate surface area is 127 Å². The maximum Gasteiger partial charge on any atom is 0.132 e. The summed E-state index contributed by atoms with van der Waals surface area (Å²) in [6.45, 7) is 5.59. The first-order chi connectivity index (χ1) is 9.78. The van der Waals surface area contributed by atoms with Gasteiger partial charge in [-0.05, 0) is 43.9 Å². The van der Waals surface area contributed by atoms with E-state index < -0.39 is 0 Å². The second-order valence-corrected chi connectivity index (χ2v) is 6.84. The molecule has 0 spiro atoms. The number of rotatable bonds is 6. The number of hydrogen-bond donors (Lipinski definition) is 1. The Balaban J connectivity index is 2.09. The van der Waals surface area contributed by atoms with Gasteiger partial charge in [-0.3, -0.25) is 0 Å². The van der Waals surface area contributed by atoms with Crippen molar-refractivity contribution in [2.45, 2.75) is 55.7 Å². The third-order valence-corrected chi connectivity index (χ3v) is 5.71. The molecule has 3 atom stereocenters. The largest absolute Gasteiger partial charge is 0.496 e. The quantitative estimate of drug-likeness (QED) is 0.843. The highest BCUT2D eigenvalue weighted by atomic mass is 32.2. The van der Waals surface area contributed by atoms with Crippen LogP contribution in [0.1, 0.15) is 39.5 Å². The van der Waals surface area contributed by atoms with E-state index in [0.29, 0.717) is 11.3 Å². The highest BCUT2D eigenvalue weighted by molar-refractivity contribution is 8.00. The monoisotopic (exact) mass is 293 g/mol. The molecule has 0 saturated heterocycles. The topological polar surface area (TPSA) is 21.3 Å². The Bertz CT molecular complexity index is 410. The maximum absolute atomic E-state index is 5.49. The molecule has 2 nitrogen and oxygen atoms in total. The van der Waals surface area contributed by atoms with Crippen molar-refractivity contribution in [3.63, 3.8) is 0 Å². The third kappa shape index (κ3) is 3.92. The first kappa shape index (κ1) is 15.7. The van der Waals surface area contributed by atoms with Crippen molar-refractivity contribution in [1.29, 1.82) is 0 Å². The molecular weight excluding hydrogens is 266 g/mol. The third-order valence-electron chi connectivity index (χ3n) is 4.29. The van der Waals surface area contributed by atoms with Gasteiger partial charge < -0.3 is 10.1 Å². The molecule has 1 aromatic carbocycles. The Kier molecular flexibility index (Phi) is 6.24. The lowest BCUT2D eigenvalue weighted by Crippen LogP contribution is -2.42. The van der Waals surface area contributed by atoms with Gasteiger partial charge in [0.2, 0.25) is 0 Å². The second-order valence-electron chi connectivity index (χ2n) is 5.56. The Morgan fingerprint density at radius 1 is 1.25 bits per heavy atom. The Hall–Kier alpha value is -0.670. The van der Waals surface area contributed by atoms with Crippen LogP contribution in [0.2, 0.25) is 0 Å². The zero-order chi connectivity index (χ0) is 14.4. The summed E-state index contributed by atoms with van der Waals surface area (Å²) in [4.78, 5) is 1.28. The summed E-state index contributed by atoms with van der Waals surface area (Å²) in [5.74, 6) is 1.89. The molecule has 1 fully saturated rings. The van der Waals surface area contributed by atoms with Gasteiger partial charge in [-0.15, -0.1) is 11.8 Å². The van der Waals surface area contributed by atoms with E-state index in [-0.39, 0.29) is 0 Å². The van der Waals surface area contributed by atoms with Crippen LogP contribution in [0.25, 0.3) is 0 Å². The summed E-state index contributed by atoms with van der Waals surface area (Å²) >= 11 is 2.00. The number of thioether (sulfide) groups is 1. The average molecular weight is 293 g/mol. The van der Waals surface area contributed by atoms with Crippen molar-refractivity contribution >= 4 is 11.8 Å². The van der Waals surface area contributed by atoms with Gasteiger partial charge in [0.1, 0.15) is 5.75 Å². The fraction of sp³-hybridized carbons (Fsp3) is 0.647. The highest BCUT2D eigenvalue weighted by Crippen LogP contribution is 2.40. The van der Waals surface area contributed by atoms with Crippen LogP contribution in [0.5, 0.6) is 5.75 Å². The van der Waals surface area contributed by atoms with E-state index >= 15 is 0 Å². The molecule has 0 radical (unpaired) electrons. The Morgan fingerprint density at radius 2 is 2.05 bits per heavy atom. The number of benzene rings is 1. The lowest BCUT2D eigenvalue weighted by atomic mass is 9.84. The second kappa shape index (κ2) is 7.94. The van der Waals surface area contributed by atoms with Crippen LogP contribution in [0.4, 0.5) is 0 Å². The smallest absolute Gasteiger partial charge is 0.132 e. The predicted molar refractivity (Wildman–Crippen MR) is 87.7 cm³/mol. The first-order valence-corrected chi connectivity index (χ1v) is 8.69. The van der Waals surface area contributed by atoms with Crippen molar-refractivity contribution in [2.75, 3.05) is 13.7 Å². The summed E-state index contributed by atoms with van der Waals surface area (Å²) < 4.78 is 5.49. The van der Waals surface area contributed by atoms with E-state index in [9.17, 15) is 0 Å². The molecular formula is C17H27NOS. The van der Waals surface area contributed by atoms with Crippen LogP contribution in [-0.4, -0.2) is 24.9 Å². The molecule has 0 heterocycles.